The van der Waals surface area contributed by atoms with Gasteiger partial charge in [-0.15, -0.1) is 0 Å². The Bertz CT molecular complexity index is 1220. The maximum Gasteiger partial charge on any atom is 0.274 e. The third-order valence-electron chi connectivity index (χ3n) is 7.08. The van der Waals surface area contributed by atoms with Gasteiger partial charge in [0.15, 0.2) is 5.69 Å². The Labute approximate surface area is 206 Å². The summed E-state index contributed by atoms with van der Waals surface area (Å²) >= 11 is 0. The lowest BCUT2D eigenvalue weighted by Crippen LogP contribution is -2.49. The van der Waals surface area contributed by atoms with Gasteiger partial charge in [-0.3, -0.25) is 14.3 Å². The molecule has 0 unspecified atom stereocenters. The van der Waals surface area contributed by atoms with Crippen LogP contribution in [0.3, 0.4) is 0 Å². The predicted octanol–water partition coefficient (Wildman–Crippen LogP) is 3.68. The molecule has 7 nitrogen and oxygen atoms in total. The Morgan fingerprint density at radius 2 is 1.54 bits per heavy atom. The summed E-state index contributed by atoms with van der Waals surface area (Å²) in [6.07, 6.45) is 0.710. The second kappa shape index (κ2) is 9.56. The molecule has 2 aromatic carbocycles. The Morgan fingerprint density at radius 3 is 2.20 bits per heavy atom. The number of amides is 2. The van der Waals surface area contributed by atoms with Gasteiger partial charge in [-0.1, -0.05) is 35.4 Å². The average Bonchev–Trinajstić information content (AvgIpc) is 3.26. The summed E-state index contributed by atoms with van der Waals surface area (Å²) in [4.78, 5) is 33.0. The maximum absolute atomic E-state index is 13.6. The molecular formula is C28H33N5O2. The molecule has 5 rings (SSSR count). The monoisotopic (exact) mass is 471 g/mol. The quantitative estimate of drug-likeness (QED) is 0.582. The van der Waals surface area contributed by atoms with Gasteiger partial charge in [0.05, 0.1) is 6.54 Å². The number of benzene rings is 2. The van der Waals surface area contributed by atoms with Gasteiger partial charge in [-0.2, -0.15) is 5.10 Å². The molecular weight excluding hydrogens is 438 g/mol. The number of fused-ring (bicyclic) bond motifs is 1. The number of carbonyl (C=O) groups is 2. The van der Waals surface area contributed by atoms with Crippen LogP contribution in [0.25, 0.3) is 0 Å². The number of piperazine rings is 1. The fourth-order valence-corrected chi connectivity index (χ4v) is 5.33. The molecule has 0 N–H and O–H groups in total. The van der Waals surface area contributed by atoms with Crippen LogP contribution in [0.15, 0.2) is 48.5 Å². The van der Waals surface area contributed by atoms with Crippen molar-refractivity contribution in [3.63, 3.8) is 0 Å². The van der Waals surface area contributed by atoms with Crippen LogP contribution in [0.1, 0.15) is 50.2 Å². The molecule has 0 atom stereocenters. The Kier molecular flexibility index (Phi) is 6.32. The van der Waals surface area contributed by atoms with E-state index < -0.39 is 0 Å². The lowest BCUT2D eigenvalue weighted by atomic mass is 10.0. The largest absolute Gasteiger partial charge is 0.368 e. The molecule has 3 aromatic rings. The van der Waals surface area contributed by atoms with Gasteiger partial charge in [0.2, 0.25) is 0 Å². The molecule has 0 bridgehead atoms. The first-order valence-electron chi connectivity index (χ1n) is 12.5. The molecule has 35 heavy (non-hydrogen) atoms. The molecule has 0 spiro atoms. The molecule has 1 aromatic heterocycles. The molecule has 182 valence electrons. The third kappa shape index (κ3) is 4.55. The minimum Gasteiger partial charge on any atom is -0.368 e. The number of aryl methyl sites for hydroxylation is 3. The van der Waals surface area contributed by atoms with Crippen LogP contribution in [-0.4, -0.2) is 64.1 Å². The summed E-state index contributed by atoms with van der Waals surface area (Å²) < 4.78 is 1.95. The van der Waals surface area contributed by atoms with Crippen molar-refractivity contribution in [1.29, 1.82) is 0 Å². The summed E-state index contributed by atoms with van der Waals surface area (Å²) in [6.45, 7) is 10.7. The first-order valence-corrected chi connectivity index (χ1v) is 12.5. The van der Waals surface area contributed by atoms with Gasteiger partial charge in [0.1, 0.15) is 0 Å². The smallest absolute Gasteiger partial charge is 0.274 e. The molecule has 2 aliphatic rings. The van der Waals surface area contributed by atoms with Crippen molar-refractivity contribution < 1.29 is 9.59 Å². The SMILES string of the molecule is CCn1nc(C(=O)N2CCN(c3ccccc3)CC2)c2c1CCN(C(=O)c1cc(C)cc(C)c1)C2. The fraction of sp³-hybridized carbons (Fsp3) is 0.393. The van der Waals surface area contributed by atoms with Crippen LogP contribution in [0.2, 0.25) is 0 Å². The van der Waals surface area contributed by atoms with E-state index in [-0.39, 0.29) is 11.8 Å². The summed E-state index contributed by atoms with van der Waals surface area (Å²) in [7, 11) is 0. The fourth-order valence-electron chi connectivity index (χ4n) is 5.33. The molecule has 2 amide bonds. The number of aromatic nitrogens is 2. The Balaban J connectivity index is 1.35. The molecule has 0 saturated carbocycles. The van der Waals surface area contributed by atoms with E-state index >= 15 is 0 Å². The van der Waals surface area contributed by atoms with Crippen LogP contribution >= 0.6 is 0 Å². The highest BCUT2D eigenvalue weighted by Gasteiger charge is 2.33. The number of nitrogens with zero attached hydrogens (tertiary/aromatic N) is 5. The second-order valence-corrected chi connectivity index (χ2v) is 9.56. The topological polar surface area (TPSA) is 61.7 Å². The molecule has 1 fully saturated rings. The lowest BCUT2D eigenvalue weighted by Gasteiger charge is -2.36. The first-order chi connectivity index (χ1) is 16.9. The number of anilines is 1. The zero-order valence-electron chi connectivity index (χ0n) is 20.8. The number of hydrogen-bond donors (Lipinski definition) is 0. The molecule has 2 aliphatic heterocycles. The van der Waals surface area contributed by atoms with E-state index in [1.165, 1.54) is 5.69 Å². The number of carbonyl (C=O) groups excluding carboxylic acids is 2. The van der Waals surface area contributed by atoms with Crippen molar-refractivity contribution in [1.82, 2.24) is 19.6 Å². The minimum absolute atomic E-state index is 0.0153. The van der Waals surface area contributed by atoms with E-state index in [2.05, 4.69) is 23.1 Å². The average molecular weight is 472 g/mol. The number of para-hydroxylation sites is 1. The van der Waals surface area contributed by atoms with Crippen molar-refractivity contribution in [3.05, 3.63) is 82.2 Å². The van der Waals surface area contributed by atoms with Crippen LogP contribution in [0.4, 0.5) is 5.69 Å². The normalized spacial score (nSPS) is 15.8. The van der Waals surface area contributed by atoms with Crippen LogP contribution < -0.4 is 4.90 Å². The molecule has 7 heteroatoms. The highest BCUT2D eigenvalue weighted by molar-refractivity contribution is 5.96. The van der Waals surface area contributed by atoms with Gasteiger partial charge in [-0.05, 0) is 45.0 Å². The van der Waals surface area contributed by atoms with Crippen LogP contribution in [0, 0.1) is 13.8 Å². The summed E-state index contributed by atoms with van der Waals surface area (Å²) in [6, 6.07) is 16.3. The van der Waals surface area contributed by atoms with Crippen molar-refractivity contribution in [2.75, 3.05) is 37.6 Å². The van der Waals surface area contributed by atoms with E-state index in [0.29, 0.717) is 50.4 Å². The van der Waals surface area contributed by atoms with E-state index in [4.69, 9.17) is 5.10 Å². The Hall–Kier alpha value is -3.61. The maximum atomic E-state index is 13.6. The van der Waals surface area contributed by atoms with E-state index in [0.717, 1.165) is 35.5 Å². The molecule has 0 aliphatic carbocycles. The lowest BCUT2D eigenvalue weighted by molar-refractivity contribution is 0.0709. The zero-order valence-corrected chi connectivity index (χ0v) is 20.8. The number of rotatable bonds is 4. The van der Waals surface area contributed by atoms with Gasteiger partial charge in [0.25, 0.3) is 11.8 Å². The summed E-state index contributed by atoms with van der Waals surface area (Å²) in [5, 5.41) is 4.73. The highest BCUT2D eigenvalue weighted by atomic mass is 16.2. The summed E-state index contributed by atoms with van der Waals surface area (Å²) in [5.74, 6) is -0.0107. The van der Waals surface area contributed by atoms with Gasteiger partial charge in [0, 0.05) is 68.2 Å². The van der Waals surface area contributed by atoms with Gasteiger partial charge >= 0.3 is 0 Å². The van der Waals surface area contributed by atoms with Gasteiger partial charge in [-0.25, -0.2) is 0 Å². The zero-order chi connectivity index (χ0) is 24.5. The highest BCUT2D eigenvalue weighted by Crippen LogP contribution is 2.26. The number of hydrogen-bond acceptors (Lipinski definition) is 4. The van der Waals surface area contributed by atoms with Crippen LogP contribution in [-0.2, 0) is 19.5 Å². The molecule has 3 heterocycles. The van der Waals surface area contributed by atoms with Crippen LogP contribution in [0.5, 0.6) is 0 Å². The molecule has 1 saturated heterocycles. The van der Waals surface area contributed by atoms with E-state index in [9.17, 15) is 9.59 Å². The van der Waals surface area contributed by atoms with Crippen molar-refractivity contribution in [2.45, 2.75) is 40.3 Å². The first kappa shape index (κ1) is 23.1. The van der Waals surface area contributed by atoms with Gasteiger partial charge < -0.3 is 14.7 Å². The minimum atomic E-state index is -0.0261. The molecule has 0 radical (unpaired) electrons. The van der Waals surface area contributed by atoms with Crippen molar-refractivity contribution in [3.8, 4) is 0 Å². The van der Waals surface area contributed by atoms with Crippen molar-refractivity contribution >= 4 is 17.5 Å². The summed E-state index contributed by atoms with van der Waals surface area (Å²) in [5.41, 5.74) is 6.56. The van der Waals surface area contributed by atoms with E-state index in [1.54, 1.807) is 0 Å². The second-order valence-electron chi connectivity index (χ2n) is 9.56. The predicted molar refractivity (Wildman–Crippen MR) is 137 cm³/mol. The van der Waals surface area contributed by atoms with E-state index in [1.807, 2.05) is 65.6 Å². The standard InChI is InChI=1S/C28H33N5O2/c1-4-33-25-10-11-32(27(34)22-17-20(2)16-21(3)18-22)19-24(25)26(29-33)28(35)31-14-12-30(13-15-31)23-8-6-5-7-9-23/h5-9,16-18H,4,10-15,19H2,1-3H3. The van der Waals surface area contributed by atoms with Crippen molar-refractivity contribution in [2.24, 2.45) is 0 Å². The third-order valence-corrected chi connectivity index (χ3v) is 7.08. The Morgan fingerprint density at radius 1 is 0.857 bits per heavy atom.